The first-order valence-electron chi connectivity index (χ1n) is 31.7. The van der Waals surface area contributed by atoms with E-state index in [1.54, 1.807) is 31.5 Å². The molecule has 88 heavy (non-hydrogen) atoms. The molecule has 2 aliphatic carbocycles. The summed E-state index contributed by atoms with van der Waals surface area (Å²) in [5, 5.41) is 11.9. The second kappa shape index (κ2) is 23.3. The molecule has 3 aromatic carbocycles. The predicted octanol–water partition coefficient (Wildman–Crippen LogP) is 8.46. The van der Waals surface area contributed by atoms with Gasteiger partial charge in [0, 0.05) is 96.8 Å². The van der Waals surface area contributed by atoms with Crippen LogP contribution in [0.25, 0.3) is 22.3 Å². The van der Waals surface area contributed by atoms with Gasteiger partial charge in [0.2, 0.25) is 29.5 Å². The highest BCUT2D eigenvalue weighted by Gasteiger charge is 2.56. The number of pyridine rings is 1. The summed E-state index contributed by atoms with van der Waals surface area (Å²) in [6, 6.07) is 15.2. The Balaban J connectivity index is 0.688. The Bertz CT molecular complexity index is 3750. The number of amides is 8. The molecule has 1 unspecified atom stereocenters. The first-order valence-corrected chi connectivity index (χ1v) is 31.7. The lowest BCUT2D eigenvalue weighted by atomic mass is 9.73. The maximum Gasteiger partial charge on any atom is 0.264 e. The van der Waals surface area contributed by atoms with Crippen molar-refractivity contribution < 1.29 is 42.7 Å². The maximum absolute atomic E-state index is 16.0. The Morgan fingerprint density at radius 1 is 0.784 bits per heavy atom. The second-order valence-electron chi connectivity index (χ2n) is 26.2. The van der Waals surface area contributed by atoms with Gasteiger partial charge in [-0.3, -0.25) is 48.6 Å². The van der Waals surface area contributed by atoms with Crippen molar-refractivity contribution in [3.05, 3.63) is 106 Å². The highest BCUT2D eigenvalue weighted by Crippen LogP contribution is 2.53. The van der Waals surface area contributed by atoms with Crippen molar-refractivity contribution >= 4 is 81.2 Å². The first kappa shape index (κ1) is 58.7. The van der Waals surface area contributed by atoms with Crippen LogP contribution in [0.15, 0.2) is 72.6 Å². The van der Waals surface area contributed by atoms with E-state index < -0.39 is 40.9 Å². The van der Waals surface area contributed by atoms with Gasteiger partial charge in [0.15, 0.2) is 5.82 Å². The Hall–Kier alpha value is -8.33. The Morgan fingerprint density at radius 3 is 2.25 bits per heavy atom. The molecule has 5 aromatic rings. The number of hydrogen-bond donors (Lipinski definition) is 4. The molecule has 0 bridgehead atoms. The Kier molecular flexibility index (Phi) is 15.5. The van der Waals surface area contributed by atoms with E-state index in [-0.39, 0.29) is 83.4 Å². The van der Waals surface area contributed by atoms with E-state index in [9.17, 15) is 33.6 Å². The van der Waals surface area contributed by atoms with E-state index in [4.69, 9.17) is 9.97 Å². The van der Waals surface area contributed by atoms with Gasteiger partial charge in [0.1, 0.15) is 17.4 Å². The van der Waals surface area contributed by atoms with E-state index in [0.717, 1.165) is 47.6 Å². The number of fused-ring (bicyclic) bond motifs is 4. The molecule has 20 nitrogen and oxygen atoms in total. The summed E-state index contributed by atoms with van der Waals surface area (Å²) < 4.78 is 18.0. The number of anilines is 4. The van der Waals surface area contributed by atoms with E-state index in [1.165, 1.54) is 31.4 Å². The monoisotopic (exact) mass is 1200 g/mol. The Labute approximate surface area is 511 Å². The molecule has 8 amide bonds. The van der Waals surface area contributed by atoms with Gasteiger partial charge in [-0.2, -0.15) is 0 Å². The molecule has 8 heterocycles. The zero-order valence-corrected chi connectivity index (χ0v) is 50.8. The number of imidazole rings is 1. The van der Waals surface area contributed by atoms with Gasteiger partial charge in [-0.25, -0.2) is 14.4 Å². The molecule has 2 aromatic heterocycles. The number of benzene rings is 3. The fraction of sp³-hybridized carbons (Fsp3) is 0.493. The molecule has 460 valence electrons. The molecule has 21 heteroatoms. The van der Waals surface area contributed by atoms with E-state index in [1.807, 2.05) is 60.3 Å². The number of aromatic nitrogens is 3. The van der Waals surface area contributed by atoms with E-state index in [0.29, 0.717) is 122 Å². The molecule has 5 fully saturated rings. The third kappa shape index (κ3) is 10.5. The number of hydrogen-bond acceptors (Lipinski definition) is 13. The molecule has 1 atom stereocenters. The van der Waals surface area contributed by atoms with Gasteiger partial charge in [-0.15, -0.1) is 0 Å². The van der Waals surface area contributed by atoms with Crippen LogP contribution in [0.5, 0.6) is 0 Å². The third-order valence-electron chi connectivity index (χ3n) is 20.0. The highest BCUT2D eigenvalue weighted by molar-refractivity contribution is 6.25. The number of piperidine rings is 3. The zero-order valence-electron chi connectivity index (χ0n) is 50.8. The van der Waals surface area contributed by atoms with Crippen LogP contribution in [0.3, 0.4) is 0 Å². The molecule has 8 aliphatic rings. The molecular weight excluding hydrogens is 1120 g/mol. The number of nitrogens with one attached hydrogen (secondary N) is 4. The average Bonchev–Trinajstić information content (AvgIpc) is 1.57. The summed E-state index contributed by atoms with van der Waals surface area (Å²) in [5.41, 5.74) is 6.22. The summed E-state index contributed by atoms with van der Waals surface area (Å²) in [6.45, 7) is 13.2. The largest absolute Gasteiger partial charge is 0.382 e. The minimum atomic E-state index is -1.06. The van der Waals surface area contributed by atoms with Crippen LogP contribution in [-0.4, -0.2) is 151 Å². The van der Waals surface area contributed by atoms with Crippen LogP contribution < -0.4 is 26.2 Å². The number of nitrogens with zero attached hydrogens (tertiary/aromatic N) is 8. The molecule has 13 rings (SSSR count). The van der Waals surface area contributed by atoms with Gasteiger partial charge in [-0.05, 0) is 172 Å². The van der Waals surface area contributed by atoms with Crippen molar-refractivity contribution in [3.8, 4) is 11.3 Å². The van der Waals surface area contributed by atoms with Crippen molar-refractivity contribution in [2.45, 2.75) is 166 Å². The van der Waals surface area contributed by atoms with Crippen molar-refractivity contribution in [3.63, 3.8) is 0 Å². The van der Waals surface area contributed by atoms with Crippen LogP contribution >= 0.6 is 0 Å². The summed E-state index contributed by atoms with van der Waals surface area (Å²) in [7, 11) is 0. The molecular formula is C67H77FN12O8. The summed E-state index contributed by atoms with van der Waals surface area (Å²) >= 11 is 0. The molecule has 6 aliphatic heterocycles. The number of halogens is 1. The van der Waals surface area contributed by atoms with Gasteiger partial charge in [0.25, 0.3) is 17.7 Å². The lowest BCUT2D eigenvalue weighted by molar-refractivity contribution is -0.137. The van der Waals surface area contributed by atoms with Crippen LogP contribution in [0.4, 0.5) is 27.3 Å². The van der Waals surface area contributed by atoms with E-state index in [2.05, 4.69) is 43.2 Å². The number of rotatable bonds is 13. The number of carbonyl (C=O) groups excluding carboxylic acids is 8. The first-order chi connectivity index (χ1) is 42.3. The van der Waals surface area contributed by atoms with Crippen LogP contribution in [0.2, 0.25) is 0 Å². The molecule has 0 radical (unpaired) electrons. The fourth-order valence-corrected chi connectivity index (χ4v) is 15.1. The SMILES string of the molecule is Cc1cc(F)c(Nc2nc(-c3ccc4c(c3)N(C3CC(N5CCCCC5)C3)C(=O)C43CCN(C(=O)C4=CCN(C(=O)C5CCC(Nc6cccc7c6C(=O)N(C6CCC(=O)NC6=O)C7=O)CC5)CC4)CC3)cc3ncn(C(C)C)c23)cc1C(=O)NC(C)C. The maximum atomic E-state index is 16.0. The van der Waals surface area contributed by atoms with Crippen molar-refractivity contribution in [1.82, 2.24) is 44.8 Å². The van der Waals surface area contributed by atoms with Crippen LogP contribution in [0.1, 0.15) is 166 Å². The number of aryl methyl sites for hydroxylation is 1. The van der Waals surface area contributed by atoms with Gasteiger partial charge >= 0.3 is 0 Å². The van der Waals surface area contributed by atoms with E-state index >= 15 is 9.18 Å². The topological polar surface area (TPSA) is 232 Å². The molecule has 4 N–H and O–H groups in total. The number of carbonyl (C=O) groups is 8. The number of likely N-dealkylation sites (tertiary alicyclic amines) is 2. The molecule has 1 spiro atoms. The van der Waals surface area contributed by atoms with Crippen molar-refractivity contribution in [2.24, 2.45) is 5.92 Å². The number of imide groups is 2. The lowest BCUT2D eigenvalue weighted by Crippen LogP contribution is -2.58. The molecule has 2 saturated carbocycles. The normalized spacial score (nSPS) is 23.8. The van der Waals surface area contributed by atoms with Crippen molar-refractivity contribution in [1.29, 1.82) is 0 Å². The Morgan fingerprint density at radius 2 is 1.55 bits per heavy atom. The highest BCUT2D eigenvalue weighted by atomic mass is 19.1. The van der Waals surface area contributed by atoms with Crippen LogP contribution in [0, 0.1) is 18.7 Å². The quantitative estimate of drug-likeness (QED) is 0.0812. The summed E-state index contributed by atoms with van der Waals surface area (Å²) in [6.07, 6.45) is 13.1. The minimum absolute atomic E-state index is 0.00168. The second-order valence-corrected chi connectivity index (χ2v) is 26.2. The van der Waals surface area contributed by atoms with Gasteiger partial charge in [-0.1, -0.05) is 30.7 Å². The summed E-state index contributed by atoms with van der Waals surface area (Å²) in [5.74, 6) is -2.82. The minimum Gasteiger partial charge on any atom is -0.382 e. The van der Waals surface area contributed by atoms with Crippen LogP contribution in [-0.2, 0) is 29.4 Å². The summed E-state index contributed by atoms with van der Waals surface area (Å²) in [4.78, 5) is 128. The van der Waals surface area contributed by atoms with Gasteiger partial charge in [0.05, 0.1) is 39.8 Å². The molecule has 3 saturated heterocycles. The van der Waals surface area contributed by atoms with Crippen molar-refractivity contribution in [2.75, 3.05) is 54.8 Å². The zero-order chi connectivity index (χ0) is 61.4. The smallest absolute Gasteiger partial charge is 0.264 e. The van der Waals surface area contributed by atoms with Gasteiger partial charge < -0.3 is 40.1 Å². The standard InChI is InChI=1S/C67H77FN12O8/c1-37(2)70-60(82)47-34-52(49(68)30-39(47)5)73-59-58-53(69-36-78(58)38(3)4)35-51(72-59)42-14-17-48-55(31-42)79(45-32-44(33-45)75-24-7-6-8-25-75)66(88)67(48)22-28-77(29-23-67)63(85)41-20-26-76(27-21-41)62(84)40-12-15-43(16-13-40)71-50-11-9-10-46-57(50)65(87)80(64(46)86)54-18-19-56(81)74-61(54)83/h9-11,14,17,20,30-31,34-38,40,43-45,54,71H,6-8,12-13,15-16,18-19,21-29,32-33H2,1-5H3,(H,70,82)(H,72,73)(H,74,81,83). The third-order valence-corrected chi connectivity index (χ3v) is 20.0. The average molecular weight is 1200 g/mol. The lowest BCUT2D eigenvalue weighted by Gasteiger charge is -2.48. The fourth-order valence-electron chi connectivity index (χ4n) is 15.1. The predicted molar refractivity (Wildman–Crippen MR) is 329 cm³/mol.